The molecular formula is C14H16N4O2. The van der Waals surface area contributed by atoms with Gasteiger partial charge in [0, 0.05) is 20.1 Å². The van der Waals surface area contributed by atoms with E-state index in [0.717, 1.165) is 11.0 Å². The standard InChI is InChI=1S/C14H16N4O2/c1-9(19)14(15)7-18(8-14)12-13(20)17(2)11-6-4-3-5-10(11)16-12/h3-6H,7-8,15H2,1-2H3. The van der Waals surface area contributed by atoms with Crippen molar-refractivity contribution in [1.82, 2.24) is 9.55 Å². The van der Waals surface area contributed by atoms with Crippen molar-refractivity contribution in [2.45, 2.75) is 12.5 Å². The van der Waals surface area contributed by atoms with E-state index in [-0.39, 0.29) is 11.3 Å². The Kier molecular flexibility index (Phi) is 2.65. The first-order valence-electron chi connectivity index (χ1n) is 6.43. The second-order valence-electron chi connectivity index (χ2n) is 5.36. The Morgan fingerprint density at radius 2 is 2.00 bits per heavy atom. The Morgan fingerprint density at radius 3 is 2.65 bits per heavy atom. The van der Waals surface area contributed by atoms with Gasteiger partial charge in [-0.05, 0) is 19.1 Å². The fourth-order valence-electron chi connectivity index (χ4n) is 2.48. The molecule has 1 aromatic carbocycles. The highest BCUT2D eigenvalue weighted by Crippen LogP contribution is 2.24. The minimum absolute atomic E-state index is 0.0636. The van der Waals surface area contributed by atoms with E-state index in [9.17, 15) is 9.59 Å². The maximum atomic E-state index is 12.3. The van der Waals surface area contributed by atoms with E-state index in [1.807, 2.05) is 24.3 Å². The van der Waals surface area contributed by atoms with E-state index in [0.29, 0.717) is 18.9 Å². The molecule has 3 rings (SSSR count). The monoisotopic (exact) mass is 272 g/mol. The Labute approximate surface area is 115 Å². The number of hydrogen-bond acceptors (Lipinski definition) is 5. The fourth-order valence-corrected chi connectivity index (χ4v) is 2.48. The molecule has 20 heavy (non-hydrogen) atoms. The molecule has 0 bridgehead atoms. The van der Waals surface area contributed by atoms with Gasteiger partial charge in [0.15, 0.2) is 11.6 Å². The lowest BCUT2D eigenvalue weighted by Gasteiger charge is -2.46. The van der Waals surface area contributed by atoms with E-state index in [2.05, 4.69) is 4.98 Å². The van der Waals surface area contributed by atoms with Crippen LogP contribution in [-0.4, -0.2) is 34.0 Å². The molecule has 104 valence electrons. The first-order valence-corrected chi connectivity index (χ1v) is 6.43. The molecule has 0 amide bonds. The van der Waals surface area contributed by atoms with Gasteiger partial charge in [-0.3, -0.25) is 9.59 Å². The van der Waals surface area contributed by atoms with Crippen LogP contribution in [0.25, 0.3) is 11.0 Å². The number of ketones is 1. The largest absolute Gasteiger partial charge is 0.347 e. The third-order valence-corrected chi connectivity index (χ3v) is 3.91. The van der Waals surface area contributed by atoms with Crippen molar-refractivity contribution in [2.75, 3.05) is 18.0 Å². The average Bonchev–Trinajstić information content (AvgIpc) is 2.39. The minimum atomic E-state index is -0.849. The van der Waals surface area contributed by atoms with Gasteiger partial charge in [0.25, 0.3) is 5.56 Å². The molecule has 2 N–H and O–H groups in total. The van der Waals surface area contributed by atoms with Crippen LogP contribution in [0.1, 0.15) is 6.92 Å². The quantitative estimate of drug-likeness (QED) is 0.835. The summed E-state index contributed by atoms with van der Waals surface area (Å²) in [5.41, 5.74) is 6.46. The van der Waals surface area contributed by atoms with Gasteiger partial charge in [0.2, 0.25) is 0 Å². The normalized spacial score (nSPS) is 17.1. The van der Waals surface area contributed by atoms with Crippen LogP contribution in [0.2, 0.25) is 0 Å². The van der Waals surface area contributed by atoms with Crippen LogP contribution in [0.4, 0.5) is 5.82 Å². The lowest BCUT2D eigenvalue weighted by molar-refractivity contribution is -0.122. The number of nitrogens with two attached hydrogens (primary N) is 1. The van der Waals surface area contributed by atoms with E-state index in [1.165, 1.54) is 6.92 Å². The SMILES string of the molecule is CC(=O)C1(N)CN(c2nc3ccccc3n(C)c2=O)C1. The first kappa shape index (κ1) is 12.8. The third kappa shape index (κ3) is 1.72. The third-order valence-electron chi connectivity index (χ3n) is 3.91. The van der Waals surface area contributed by atoms with Crippen molar-refractivity contribution in [3.63, 3.8) is 0 Å². The fraction of sp³-hybridized carbons (Fsp3) is 0.357. The summed E-state index contributed by atoms with van der Waals surface area (Å²) in [4.78, 5) is 29.9. The number of anilines is 1. The second kappa shape index (κ2) is 4.14. The summed E-state index contributed by atoms with van der Waals surface area (Å²) in [5.74, 6) is 0.292. The Morgan fingerprint density at radius 1 is 1.35 bits per heavy atom. The maximum Gasteiger partial charge on any atom is 0.293 e. The molecular weight excluding hydrogens is 256 g/mol. The van der Waals surface area contributed by atoms with Crippen molar-refractivity contribution >= 4 is 22.6 Å². The molecule has 6 nitrogen and oxygen atoms in total. The summed E-state index contributed by atoms with van der Waals surface area (Å²) in [6.07, 6.45) is 0. The molecule has 1 saturated heterocycles. The average molecular weight is 272 g/mol. The number of para-hydroxylation sites is 2. The topological polar surface area (TPSA) is 81.2 Å². The highest BCUT2D eigenvalue weighted by molar-refractivity contribution is 5.89. The molecule has 0 spiro atoms. The number of rotatable bonds is 2. The predicted octanol–water partition coefficient (Wildman–Crippen LogP) is 0.0400. The van der Waals surface area contributed by atoms with Crippen LogP contribution in [0.15, 0.2) is 29.1 Å². The van der Waals surface area contributed by atoms with Crippen LogP contribution in [0.3, 0.4) is 0 Å². The number of aryl methyl sites for hydroxylation is 1. The van der Waals surface area contributed by atoms with Crippen LogP contribution in [0.5, 0.6) is 0 Å². The van der Waals surface area contributed by atoms with E-state index >= 15 is 0 Å². The first-order chi connectivity index (χ1) is 9.42. The van der Waals surface area contributed by atoms with Crippen LogP contribution in [0, 0.1) is 0 Å². The van der Waals surface area contributed by atoms with Crippen LogP contribution < -0.4 is 16.2 Å². The van der Waals surface area contributed by atoms with Crippen molar-refractivity contribution < 1.29 is 4.79 Å². The number of carbonyl (C=O) groups excluding carboxylic acids is 1. The van der Waals surface area contributed by atoms with Gasteiger partial charge in [-0.15, -0.1) is 0 Å². The predicted molar refractivity (Wildman–Crippen MR) is 76.8 cm³/mol. The second-order valence-corrected chi connectivity index (χ2v) is 5.36. The molecule has 6 heteroatoms. The molecule has 0 unspecified atom stereocenters. The number of aromatic nitrogens is 2. The number of carbonyl (C=O) groups is 1. The van der Waals surface area contributed by atoms with Crippen LogP contribution in [-0.2, 0) is 11.8 Å². The number of fused-ring (bicyclic) bond motifs is 1. The molecule has 1 aliphatic rings. The molecule has 2 heterocycles. The van der Waals surface area contributed by atoms with Gasteiger partial charge in [0.05, 0.1) is 11.0 Å². The molecule has 1 fully saturated rings. The molecule has 0 saturated carbocycles. The minimum Gasteiger partial charge on any atom is -0.347 e. The van der Waals surface area contributed by atoms with Gasteiger partial charge in [-0.2, -0.15) is 0 Å². The number of benzene rings is 1. The summed E-state index contributed by atoms with van der Waals surface area (Å²) in [6, 6.07) is 7.46. The Hall–Kier alpha value is -2.21. The zero-order valence-corrected chi connectivity index (χ0v) is 11.5. The van der Waals surface area contributed by atoms with Crippen molar-refractivity contribution in [3.05, 3.63) is 34.6 Å². The summed E-state index contributed by atoms with van der Waals surface area (Å²) >= 11 is 0. The smallest absolute Gasteiger partial charge is 0.293 e. The zero-order valence-electron chi connectivity index (χ0n) is 11.5. The summed E-state index contributed by atoms with van der Waals surface area (Å²) < 4.78 is 1.57. The van der Waals surface area contributed by atoms with Crippen molar-refractivity contribution in [3.8, 4) is 0 Å². The lowest BCUT2D eigenvalue weighted by Crippen LogP contribution is -2.72. The zero-order chi connectivity index (χ0) is 14.5. The summed E-state index contributed by atoms with van der Waals surface area (Å²) in [5, 5.41) is 0. The Balaban J connectivity index is 2.04. The van der Waals surface area contributed by atoms with Gasteiger partial charge in [0.1, 0.15) is 5.54 Å². The summed E-state index contributed by atoms with van der Waals surface area (Å²) in [6.45, 7) is 2.15. The highest BCUT2D eigenvalue weighted by Gasteiger charge is 2.45. The maximum absolute atomic E-state index is 12.3. The summed E-state index contributed by atoms with van der Waals surface area (Å²) in [7, 11) is 1.72. The van der Waals surface area contributed by atoms with E-state index in [4.69, 9.17) is 5.73 Å². The van der Waals surface area contributed by atoms with E-state index < -0.39 is 5.54 Å². The molecule has 0 atom stereocenters. The van der Waals surface area contributed by atoms with Crippen molar-refractivity contribution in [1.29, 1.82) is 0 Å². The number of hydrogen-bond donors (Lipinski definition) is 1. The van der Waals surface area contributed by atoms with Gasteiger partial charge < -0.3 is 15.2 Å². The lowest BCUT2D eigenvalue weighted by atomic mass is 9.87. The molecule has 1 aliphatic heterocycles. The van der Waals surface area contributed by atoms with Gasteiger partial charge in [-0.25, -0.2) is 4.98 Å². The van der Waals surface area contributed by atoms with Crippen molar-refractivity contribution in [2.24, 2.45) is 12.8 Å². The molecule has 2 aromatic rings. The highest BCUT2D eigenvalue weighted by atomic mass is 16.1. The molecule has 0 aliphatic carbocycles. The number of Topliss-reactive ketones (excluding diaryl/α,β-unsaturated/α-hetero) is 1. The Bertz CT molecular complexity index is 759. The molecule has 0 radical (unpaired) electrons. The van der Waals surface area contributed by atoms with Gasteiger partial charge >= 0.3 is 0 Å². The molecule has 1 aromatic heterocycles. The van der Waals surface area contributed by atoms with Gasteiger partial charge in [-0.1, -0.05) is 12.1 Å². The van der Waals surface area contributed by atoms with Crippen LogP contribution >= 0.6 is 0 Å². The number of nitrogens with zero attached hydrogens (tertiary/aromatic N) is 3. The van der Waals surface area contributed by atoms with E-state index in [1.54, 1.807) is 16.5 Å².